The van der Waals surface area contributed by atoms with E-state index in [-0.39, 0.29) is 12.7 Å². The van der Waals surface area contributed by atoms with Gasteiger partial charge in [-0.2, -0.15) is 5.10 Å². The Bertz CT molecular complexity index is 1210. The van der Waals surface area contributed by atoms with Gasteiger partial charge in [-0.15, -0.1) is 0 Å². The minimum Gasteiger partial charge on any atom is -0.496 e. The van der Waals surface area contributed by atoms with E-state index in [9.17, 15) is 4.79 Å². The van der Waals surface area contributed by atoms with Crippen molar-refractivity contribution in [3.05, 3.63) is 36.5 Å². The minimum atomic E-state index is -0.619. The summed E-state index contributed by atoms with van der Waals surface area (Å²) in [5, 5.41) is 5.54. The molecule has 0 aliphatic carbocycles. The third-order valence-electron chi connectivity index (χ3n) is 6.43. The number of hydrogen-bond donors (Lipinski definition) is 0. The zero-order valence-corrected chi connectivity index (χ0v) is 21.1. The number of esters is 1. The summed E-state index contributed by atoms with van der Waals surface area (Å²) in [6.07, 6.45) is 1.72. The Hall–Kier alpha value is -2.91. The van der Waals surface area contributed by atoms with E-state index in [4.69, 9.17) is 23.9 Å². The molecule has 0 bridgehead atoms. The summed E-state index contributed by atoms with van der Waals surface area (Å²) in [6, 6.07) is 9.62. The first-order valence-electron chi connectivity index (χ1n) is 11.4. The molecule has 0 atom stereocenters. The van der Waals surface area contributed by atoms with Gasteiger partial charge in [-0.05, 0) is 66.7 Å². The quantitative estimate of drug-likeness (QED) is 0.417. The second kappa shape index (κ2) is 8.39. The lowest BCUT2D eigenvalue weighted by Crippen LogP contribution is -2.41. The number of methoxy groups -OCH3 is 1. The molecule has 0 spiro atoms. The number of aromatic nitrogens is 3. The van der Waals surface area contributed by atoms with Crippen LogP contribution in [-0.4, -0.2) is 46.2 Å². The Labute approximate surface area is 200 Å². The van der Waals surface area contributed by atoms with Crippen LogP contribution in [0.5, 0.6) is 5.75 Å². The molecule has 1 fully saturated rings. The van der Waals surface area contributed by atoms with Crippen LogP contribution in [0.2, 0.25) is 0 Å². The number of ether oxygens (including phenoxy) is 2. The SMILES string of the molecule is COc1ccccc1-c1nn(COC(=O)C(C)(C)C)c2ncc(B3OC(C)(C)C(C)(C)O3)cc12. The summed E-state index contributed by atoms with van der Waals surface area (Å²) < 4.78 is 25.2. The first kappa shape index (κ1) is 24.2. The maximum atomic E-state index is 12.4. The van der Waals surface area contributed by atoms with Crippen molar-refractivity contribution >= 4 is 29.6 Å². The third kappa shape index (κ3) is 4.30. The number of para-hydroxylation sites is 1. The van der Waals surface area contributed by atoms with Gasteiger partial charge in [0.2, 0.25) is 0 Å². The van der Waals surface area contributed by atoms with Gasteiger partial charge < -0.3 is 18.8 Å². The van der Waals surface area contributed by atoms with E-state index >= 15 is 0 Å². The van der Waals surface area contributed by atoms with E-state index in [2.05, 4.69) is 4.98 Å². The number of carbonyl (C=O) groups is 1. The lowest BCUT2D eigenvalue weighted by atomic mass is 9.80. The Balaban J connectivity index is 1.80. The topological polar surface area (TPSA) is 84.7 Å². The number of nitrogens with zero attached hydrogens (tertiary/aromatic N) is 3. The fourth-order valence-corrected chi connectivity index (χ4v) is 3.65. The van der Waals surface area contributed by atoms with Crippen molar-refractivity contribution in [2.45, 2.75) is 66.4 Å². The van der Waals surface area contributed by atoms with Crippen LogP contribution >= 0.6 is 0 Å². The van der Waals surface area contributed by atoms with Crippen LogP contribution in [-0.2, 0) is 25.6 Å². The lowest BCUT2D eigenvalue weighted by molar-refractivity contribution is -0.157. The Morgan fingerprint density at radius 3 is 2.38 bits per heavy atom. The Kier molecular flexibility index (Phi) is 5.98. The average Bonchev–Trinajstić information content (AvgIpc) is 3.23. The highest BCUT2D eigenvalue weighted by Gasteiger charge is 2.52. The van der Waals surface area contributed by atoms with Gasteiger partial charge >= 0.3 is 13.1 Å². The van der Waals surface area contributed by atoms with Crippen molar-refractivity contribution in [3.8, 4) is 17.0 Å². The maximum Gasteiger partial charge on any atom is 0.496 e. The van der Waals surface area contributed by atoms with Crippen LogP contribution in [0, 0.1) is 5.41 Å². The summed E-state index contributed by atoms with van der Waals surface area (Å²) in [6.45, 7) is 13.4. The van der Waals surface area contributed by atoms with Gasteiger partial charge in [0.15, 0.2) is 12.4 Å². The zero-order chi connectivity index (χ0) is 24.9. The number of carbonyl (C=O) groups excluding carboxylic acids is 1. The summed E-state index contributed by atoms with van der Waals surface area (Å²) in [7, 11) is 1.06. The zero-order valence-electron chi connectivity index (χ0n) is 21.1. The van der Waals surface area contributed by atoms with Gasteiger partial charge in [0, 0.05) is 22.6 Å². The van der Waals surface area contributed by atoms with Crippen LogP contribution in [0.25, 0.3) is 22.3 Å². The van der Waals surface area contributed by atoms with Crippen LogP contribution in [0.15, 0.2) is 36.5 Å². The molecule has 1 aromatic carbocycles. The fraction of sp³-hybridized carbons (Fsp3) is 0.480. The normalized spacial score (nSPS) is 17.2. The highest BCUT2D eigenvalue weighted by atomic mass is 16.7. The van der Waals surface area contributed by atoms with Gasteiger partial charge in [-0.25, -0.2) is 9.67 Å². The molecule has 3 heterocycles. The molecule has 0 radical (unpaired) electrons. The molecule has 1 aliphatic heterocycles. The standard InChI is InChI=1S/C25H32BN3O5/c1-23(2,3)22(30)32-15-29-21-18(20(28-29)17-11-9-10-12-19(17)31-8)13-16(14-27-21)26-33-24(4,5)25(6,7)34-26/h9-14H,15H2,1-8H3. The van der Waals surface area contributed by atoms with Crippen LogP contribution < -0.4 is 10.2 Å². The molecule has 0 saturated carbocycles. The van der Waals surface area contributed by atoms with Crippen molar-refractivity contribution < 1.29 is 23.6 Å². The number of pyridine rings is 1. The van der Waals surface area contributed by atoms with Gasteiger partial charge in [0.1, 0.15) is 11.4 Å². The molecular weight excluding hydrogens is 433 g/mol. The van der Waals surface area contributed by atoms with Gasteiger partial charge in [-0.3, -0.25) is 4.79 Å². The largest absolute Gasteiger partial charge is 0.496 e. The number of fused-ring (bicyclic) bond motifs is 1. The first-order valence-corrected chi connectivity index (χ1v) is 11.4. The van der Waals surface area contributed by atoms with Crippen molar-refractivity contribution in [1.29, 1.82) is 0 Å². The van der Waals surface area contributed by atoms with E-state index in [0.717, 1.165) is 16.4 Å². The van der Waals surface area contributed by atoms with Gasteiger partial charge in [0.25, 0.3) is 0 Å². The van der Waals surface area contributed by atoms with Gasteiger partial charge in [-0.1, -0.05) is 12.1 Å². The molecule has 0 N–H and O–H groups in total. The highest BCUT2D eigenvalue weighted by Crippen LogP contribution is 2.37. The van der Waals surface area contributed by atoms with E-state index in [1.165, 1.54) is 0 Å². The molecule has 1 saturated heterocycles. The molecule has 0 unspecified atom stereocenters. The molecule has 8 nitrogen and oxygen atoms in total. The fourth-order valence-electron chi connectivity index (χ4n) is 3.65. The van der Waals surface area contributed by atoms with Crippen molar-refractivity contribution in [2.75, 3.05) is 7.11 Å². The predicted molar refractivity (Wildman–Crippen MR) is 131 cm³/mol. The number of benzene rings is 1. The summed E-state index contributed by atoms with van der Waals surface area (Å²) in [4.78, 5) is 17.0. The summed E-state index contributed by atoms with van der Waals surface area (Å²) in [5.74, 6) is 0.366. The van der Waals surface area contributed by atoms with E-state index in [1.807, 2.05) is 78.8 Å². The smallest absolute Gasteiger partial charge is 0.496 e. The molecular formula is C25H32BN3O5. The van der Waals surface area contributed by atoms with Crippen molar-refractivity contribution in [3.63, 3.8) is 0 Å². The van der Waals surface area contributed by atoms with Crippen molar-refractivity contribution in [2.24, 2.45) is 5.41 Å². The second-order valence-corrected chi connectivity index (χ2v) is 10.6. The summed E-state index contributed by atoms with van der Waals surface area (Å²) in [5.41, 5.74) is 1.30. The van der Waals surface area contributed by atoms with Crippen LogP contribution in [0.1, 0.15) is 48.5 Å². The van der Waals surface area contributed by atoms with Crippen LogP contribution in [0.4, 0.5) is 0 Å². The molecule has 0 amide bonds. The third-order valence-corrected chi connectivity index (χ3v) is 6.43. The van der Waals surface area contributed by atoms with Gasteiger partial charge in [0.05, 0.1) is 23.7 Å². The molecule has 2 aromatic heterocycles. The average molecular weight is 465 g/mol. The van der Waals surface area contributed by atoms with E-state index < -0.39 is 23.7 Å². The molecule has 9 heteroatoms. The highest BCUT2D eigenvalue weighted by molar-refractivity contribution is 6.62. The molecule has 4 rings (SSSR count). The van der Waals surface area contributed by atoms with E-state index in [1.54, 1.807) is 18.0 Å². The lowest BCUT2D eigenvalue weighted by Gasteiger charge is -2.32. The molecule has 3 aromatic rings. The molecule has 34 heavy (non-hydrogen) atoms. The second-order valence-electron chi connectivity index (χ2n) is 10.6. The van der Waals surface area contributed by atoms with E-state index in [0.29, 0.717) is 17.1 Å². The number of rotatable bonds is 5. The number of hydrogen-bond acceptors (Lipinski definition) is 7. The molecule has 180 valence electrons. The molecule has 1 aliphatic rings. The predicted octanol–water partition coefficient (Wildman–Crippen LogP) is 3.95. The maximum absolute atomic E-state index is 12.4. The first-order chi connectivity index (χ1) is 15.8. The summed E-state index contributed by atoms with van der Waals surface area (Å²) >= 11 is 0. The van der Waals surface area contributed by atoms with Crippen molar-refractivity contribution in [1.82, 2.24) is 14.8 Å². The Morgan fingerprint density at radius 2 is 1.76 bits per heavy atom. The monoisotopic (exact) mass is 465 g/mol. The Morgan fingerprint density at radius 1 is 1.12 bits per heavy atom. The minimum absolute atomic E-state index is 0.0510. The van der Waals surface area contributed by atoms with Crippen LogP contribution in [0.3, 0.4) is 0 Å².